The molecule has 0 radical (unpaired) electrons. The van der Waals surface area contributed by atoms with Gasteiger partial charge in [-0.25, -0.2) is 14.4 Å². The Bertz CT molecular complexity index is 4610. The van der Waals surface area contributed by atoms with E-state index in [1.807, 2.05) is 0 Å². The molecular formula is C80H115N17O19P2+2. The predicted octanol–water partition coefficient (Wildman–Crippen LogP) is 6.28. The third-order valence-electron chi connectivity index (χ3n) is 16.4. The second-order valence-electron chi connectivity index (χ2n) is 27.5. The molecule has 0 spiro atoms. The smallest absolute Gasteiger partial charge is 0.407 e. The topological polar surface area (TPSA) is 539 Å². The number of pyridine rings is 3. The van der Waals surface area contributed by atoms with Crippen LogP contribution < -0.4 is 85.7 Å². The van der Waals surface area contributed by atoms with Gasteiger partial charge in [0.15, 0.2) is 47.9 Å². The Kier molecular flexibility index (Phi) is 39.8. The highest BCUT2D eigenvalue weighted by Crippen LogP contribution is 2.48. The number of alkyl carbamates (subject to hydrolysis) is 2. The maximum absolute atomic E-state index is 13.8. The number of aromatic nitrogens is 3. The second kappa shape index (κ2) is 48.1. The number of rotatable bonds is 37. The number of carbonyl (C=O) groups is 10. The summed E-state index contributed by atoms with van der Waals surface area (Å²) in [6.07, 6.45) is 13.7. The minimum absolute atomic E-state index is 0. The van der Waals surface area contributed by atoms with Gasteiger partial charge in [0.1, 0.15) is 12.6 Å². The Morgan fingerprint density at radius 1 is 0.441 bits per heavy atom. The molecule has 0 unspecified atom stereocenters. The quantitative estimate of drug-likeness (QED) is 0.00882. The van der Waals surface area contributed by atoms with Crippen molar-refractivity contribution in [2.45, 2.75) is 101 Å². The lowest BCUT2D eigenvalue weighted by Gasteiger charge is -2.24. The molecule has 9 rings (SSSR count). The van der Waals surface area contributed by atoms with Crippen LogP contribution in [0.1, 0.15) is 174 Å². The molecule has 38 heteroatoms. The van der Waals surface area contributed by atoms with Gasteiger partial charge >= 0.3 is 33.3 Å². The number of nitrogens with zero attached hydrogens (tertiary/aromatic N) is 3. The molecule has 0 fully saturated rings. The molecular weight excluding hydrogens is 1560 g/mol. The number of hydrogen-bond acceptors (Lipinski definition) is 30. The summed E-state index contributed by atoms with van der Waals surface area (Å²) < 4.78 is 63.5. The number of nitrogens with one attached hydrogen (secondary N) is 9. The summed E-state index contributed by atoms with van der Waals surface area (Å²) in [6, 6.07) is 14.9. The summed E-state index contributed by atoms with van der Waals surface area (Å²) in [5.41, 5.74) is 32.1. The summed E-state index contributed by atoms with van der Waals surface area (Å²) in [5.74, 6) is -3.39. The first-order valence-corrected chi connectivity index (χ1v) is 41.4. The number of amides is 3. The van der Waals surface area contributed by atoms with Crippen molar-refractivity contribution in [3.63, 3.8) is 0 Å². The van der Waals surface area contributed by atoms with Gasteiger partial charge in [0.05, 0.1) is 88.8 Å². The molecule has 3 aliphatic carbocycles. The molecule has 642 valence electrons. The largest absolute Gasteiger partial charge is 0.477 e. The number of fused-ring (bicyclic) bond motifs is 6. The molecule has 0 atom stereocenters. The Morgan fingerprint density at radius 3 is 1.06 bits per heavy atom. The van der Waals surface area contributed by atoms with Gasteiger partial charge in [-0.2, -0.15) is 9.13 Å². The molecule has 36 nitrogen and oxygen atoms in total. The van der Waals surface area contributed by atoms with E-state index in [-0.39, 0.29) is 146 Å². The first-order chi connectivity index (χ1) is 56.1. The molecule has 3 aromatic heterocycles. The lowest BCUT2D eigenvalue weighted by molar-refractivity contribution is -0.685. The molecule has 3 aliphatic rings. The summed E-state index contributed by atoms with van der Waals surface area (Å²) in [7, 11) is -6.12. The Morgan fingerprint density at radius 2 is 0.746 bits per heavy atom. The highest BCUT2D eigenvalue weighted by molar-refractivity contribution is 7.54. The number of hydrogen-bond donors (Lipinski definition) is 15. The zero-order valence-electron chi connectivity index (χ0n) is 68.7. The van der Waals surface area contributed by atoms with E-state index in [0.717, 1.165) is 0 Å². The number of benzene rings is 3. The third-order valence-corrected chi connectivity index (χ3v) is 20.6. The minimum atomic E-state index is -3.27. The Labute approximate surface area is 689 Å². The van der Waals surface area contributed by atoms with Crippen molar-refractivity contribution < 1.29 is 100 Å². The molecule has 118 heavy (non-hydrogen) atoms. The average Bonchev–Trinajstić information content (AvgIpc) is 0.749. The second-order valence-corrected chi connectivity index (χ2v) is 31.8. The number of carboxylic acids is 1. The fourth-order valence-electron chi connectivity index (χ4n) is 11.9. The summed E-state index contributed by atoms with van der Waals surface area (Å²) in [6.45, 7) is 23.0. The van der Waals surface area contributed by atoms with Gasteiger partial charge in [0.25, 0.3) is 5.91 Å². The van der Waals surface area contributed by atoms with Gasteiger partial charge in [0.2, 0.25) is 24.7 Å². The van der Waals surface area contributed by atoms with E-state index in [4.69, 9.17) is 57.6 Å². The standard InChI is InChI=1S/C29H37N5O8.C25H35N6O6P.C17H19N5O2.C6H16NO3P.C2H2.CH4/c1-28(2,3)41-26(39)32-12-10-30-19-7-8-20(31-11-13-33-27(40)42-29(4,5)6)23-22(19)24(37)17-9-14-34(16-21(35)36)15-18(17)25(23)38;1-3-36-38(35,37-4-2)14-12-30-21(32)16-31-13-7-17-18(15-31)25(34)23-20(29-11-9-27)6-5-19(28-10-8-26)22(23)24(17)33;18-4-7-21-12-1-2-13(22-8-5-19)15-14(12)16(23)10-3-6-20-9-11(10)17(15)24;1-3-9-11(8,6-5-7)10-4-2;1-2;/h7-9,14-15H,10-13,16H2,1-6H3,(H4,32,33,35,36,37,39,40);5-7,13,15H,3-4,8-12,14,16,26-27H2,1-2H3,(H2,30,32,33);1-3,6,9,21-22H,4-5,7-8,18-19H2;3-7H2,1-2H3;1-2H;1H4/p+2/i;;;;1D;. The van der Waals surface area contributed by atoms with Gasteiger partial charge in [-0.05, 0) is 112 Å². The fourth-order valence-corrected chi connectivity index (χ4v) is 14.8. The number of ether oxygens (including phenoxy) is 2. The monoisotopic (exact) mass is 1680 g/mol. The van der Waals surface area contributed by atoms with Crippen LogP contribution in [0.5, 0.6) is 0 Å². The highest BCUT2D eigenvalue weighted by Gasteiger charge is 2.40. The molecule has 0 saturated carbocycles. The van der Waals surface area contributed by atoms with E-state index in [2.05, 4.69) is 59.3 Å². The van der Waals surface area contributed by atoms with E-state index in [0.29, 0.717) is 135 Å². The van der Waals surface area contributed by atoms with Crippen LogP contribution in [0.4, 0.5) is 43.7 Å². The lowest BCUT2D eigenvalue weighted by atomic mass is 9.83. The number of nitrogens with two attached hydrogens (primary N) is 5. The normalized spacial score (nSPS) is 12.3. The lowest BCUT2D eigenvalue weighted by Crippen LogP contribution is -2.44. The van der Waals surface area contributed by atoms with Gasteiger partial charge < -0.3 is 109 Å². The summed E-state index contributed by atoms with van der Waals surface area (Å²) >= 11 is 0. The molecule has 3 heterocycles. The average molecular weight is 1680 g/mol. The Hall–Kier alpha value is -10.9. The molecule has 0 bridgehead atoms. The van der Waals surface area contributed by atoms with Gasteiger partial charge in [0, 0.05) is 167 Å². The number of terminal acetylenes is 1. The zero-order chi connectivity index (χ0) is 87.5. The van der Waals surface area contributed by atoms with Gasteiger partial charge in [-0.15, -0.1) is 12.8 Å². The Balaban J connectivity index is 0.000000354. The molecule has 6 aromatic rings. The number of ketones is 6. The number of anilines is 6. The van der Waals surface area contributed by atoms with Gasteiger partial charge in [-0.1, -0.05) is 7.43 Å². The molecule has 3 aromatic carbocycles. The van der Waals surface area contributed by atoms with Crippen molar-refractivity contribution >= 4 is 108 Å². The number of carbonyl (C=O) groups excluding carboxylic acids is 9. The van der Waals surface area contributed by atoms with E-state index in [1.165, 1.54) is 58.7 Å². The zero-order valence-corrected chi connectivity index (χ0v) is 69.5. The minimum Gasteiger partial charge on any atom is -0.477 e. The van der Waals surface area contributed by atoms with E-state index in [1.54, 1.807) is 118 Å². The maximum Gasteiger partial charge on any atom is 0.407 e. The van der Waals surface area contributed by atoms with Crippen molar-refractivity contribution in [1.82, 2.24) is 20.9 Å². The van der Waals surface area contributed by atoms with Crippen LogP contribution in [0.3, 0.4) is 0 Å². The van der Waals surface area contributed by atoms with Crippen molar-refractivity contribution in [2.75, 3.05) is 162 Å². The van der Waals surface area contributed by atoms with Crippen molar-refractivity contribution in [3.05, 3.63) is 159 Å². The van der Waals surface area contributed by atoms with Crippen LogP contribution in [-0.2, 0) is 59.4 Å². The highest BCUT2D eigenvalue weighted by atomic mass is 31.2. The van der Waals surface area contributed by atoms with E-state index < -0.39 is 56.1 Å². The van der Waals surface area contributed by atoms with Crippen LogP contribution in [0.15, 0.2) is 91.8 Å². The summed E-state index contributed by atoms with van der Waals surface area (Å²) in [4.78, 5) is 132. The molecule has 3 amide bonds. The van der Waals surface area contributed by atoms with Crippen LogP contribution in [0.2, 0.25) is 0 Å². The van der Waals surface area contributed by atoms with Crippen LogP contribution in [0.25, 0.3) is 0 Å². The summed E-state index contributed by atoms with van der Waals surface area (Å²) in [5, 5.41) is 35.8. The van der Waals surface area contributed by atoms with Crippen LogP contribution in [0, 0.1) is 12.8 Å². The van der Waals surface area contributed by atoms with E-state index in [9.17, 15) is 62.2 Å². The molecule has 0 aliphatic heterocycles. The van der Waals surface area contributed by atoms with Gasteiger partial charge in [-0.3, -0.25) is 47.7 Å². The van der Waals surface area contributed by atoms with Crippen molar-refractivity contribution in [2.24, 2.45) is 28.7 Å². The molecule has 20 N–H and O–H groups in total. The van der Waals surface area contributed by atoms with Crippen LogP contribution in [-0.4, -0.2) is 210 Å². The predicted molar refractivity (Wildman–Crippen MR) is 451 cm³/mol. The SMILES string of the molecule is C.CC(C)(C)OC(=O)NCCNc1ccc(NCCNC(=O)OC(C)(C)C)c2c1C(=O)c1cc[n+](CC(=O)O)cc1C2=O.CCOP(=O)(CCN)OCC.CCOP(=O)(CCNC(=O)C[n+]1ccc2c(c1)C(=O)c1c(NCCN)ccc(NCCN)c1C2=O)OCC.NCCNc1ccc(NCCN)c2c1C(=O)c1ccncc1C2=O.[2H]C#C. The molecule has 0 saturated heterocycles. The maximum atomic E-state index is 13.8. The first-order valence-electron chi connectivity index (χ1n) is 38.4. The fraction of sp³-hybridized carbons (Fsp3) is 0.438. The van der Waals surface area contributed by atoms with Crippen LogP contribution >= 0.6 is 15.2 Å². The number of aliphatic carboxylic acids is 1. The van der Waals surface area contributed by atoms with E-state index >= 15 is 0 Å². The number of carboxylic acid groups (broad SMARTS) is 1. The van der Waals surface area contributed by atoms with Crippen molar-refractivity contribution in [1.29, 1.82) is 0 Å². The first kappa shape index (κ1) is 97.6. The van der Waals surface area contributed by atoms with Crippen molar-refractivity contribution in [3.8, 4) is 12.8 Å². The third kappa shape index (κ3) is 28.4.